The van der Waals surface area contributed by atoms with Crippen molar-refractivity contribution in [2.75, 3.05) is 7.11 Å². The third kappa shape index (κ3) is 5.36. The Labute approximate surface area is 199 Å². The van der Waals surface area contributed by atoms with Crippen molar-refractivity contribution in [1.82, 2.24) is 0 Å². The number of ether oxygens (including phenoxy) is 2. The Balaban J connectivity index is 2.79. The van der Waals surface area contributed by atoms with Gasteiger partial charge in [0.2, 0.25) is 8.32 Å². The second kappa shape index (κ2) is 10.3. The molecule has 0 amide bonds. The molecular formula is C23H24Cl2N2O4Si. The van der Waals surface area contributed by atoms with Crippen LogP contribution < -0.4 is 9.16 Å². The lowest BCUT2D eigenvalue weighted by atomic mass is 9.87. The van der Waals surface area contributed by atoms with Crippen LogP contribution in [-0.4, -0.2) is 21.4 Å². The zero-order valence-corrected chi connectivity index (χ0v) is 21.1. The molecule has 0 aromatic heterocycles. The maximum absolute atomic E-state index is 12.3. The molecule has 6 nitrogen and oxygen atoms in total. The maximum Gasteiger partial charge on any atom is 0.309 e. The van der Waals surface area contributed by atoms with Crippen molar-refractivity contribution in [2.24, 2.45) is 0 Å². The minimum Gasteiger partial charge on any atom is -0.542 e. The minimum absolute atomic E-state index is 0.0178. The van der Waals surface area contributed by atoms with Gasteiger partial charge in [-0.2, -0.15) is 10.5 Å². The number of carbonyl (C=O) groups excluding carboxylic acids is 1. The van der Waals surface area contributed by atoms with Crippen LogP contribution in [0.25, 0.3) is 0 Å². The summed E-state index contributed by atoms with van der Waals surface area (Å²) in [5.41, 5.74) is -0.685. The number of carbonyl (C=O) groups is 1. The van der Waals surface area contributed by atoms with Crippen LogP contribution in [0.4, 0.5) is 0 Å². The quantitative estimate of drug-likeness (QED) is 0.323. The molecule has 0 bridgehead atoms. The standard InChI is InChI=1S/C23H24Cl2N2O4Si/c1-6-23(12-18(28)29-2,15-10-8-7-9-11-15)30-21-16(13-26)17(14-27)22(20(25)19(21)24)31-32(3,4)5/h7-11H,6,12H2,1-5H3. The van der Waals surface area contributed by atoms with E-state index in [0.29, 0.717) is 12.0 Å². The van der Waals surface area contributed by atoms with E-state index in [9.17, 15) is 15.3 Å². The van der Waals surface area contributed by atoms with Gasteiger partial charge in [0.05, 0.1) is 13.5 Å². The number of nitriles is 2. The lowest BCUT2D eigenvalue weighted by molar-refractivity contribution is -0.145. The SMILES string of the molecule is CCC(CC(=O)OC)(Oc1c(Cl)c(Cl)c(O[Si](C)(C)C)c(C#N)c1C#N)c1ccccc1. The van der Waals surface area contributed by atoms with E-state index in [-0.39, 0.29) is 39.1 Å². The van der Waals surface area contributed by atoms with E-state index in [1.165, 1.54) is 7.11 Å². The van der Waals surface area contributed by atoms with Gasteiger partial charge >= 0.3 is 5.97 Å². The highest BCUT2D eigenvalue weighted by atomic mass is 35.5. The number of rotatable bonds is 8. The summed E-state index contributed by atoms with van der Waals surface area (Å²) < 4.78 is 17.2. The molecular weight excluding hydrogens is 467 g/mol. The van der Waals surface area contributed by atoms with Gasteiger partial charge in [-0.15, -0.1) is 0 Å². The van der Waals surface area contributed by atoms with Crippen LogP contribution in [0.15, 0.2) is 30.3 Å². The van der Waals surface area contributed by atoms with Crippen molar-refractivity contribution >= 4 is 37.5 Å². The van der Waals surface area contributed by atoms with Crippen molar-refractivity contribution in [3.8, 4) is 23.6 Å². The van der Waals surface area contributed by atoms with E-state index in [1.807, 2.05) is 69.0 Å². The van der Waals surface area contributed by atoms with E-state index in [1.54, 1.807) is 0 Å². The minimum atomic E-state index is -2.19. The van der Waals surface area contributed by atoms with Crippen molar-refractivity contribution in [3.05, 3.63) is 57.1 Å². The number of hydrogen-bond acceptors (Lipinski definition) is 6. The molecule has 2 rings (SSSR count). The Kier molecular flexibility index (Phi) is 8.20. The predicted octanol–water partition coefficient (Wildman–Crippen LogP) is 6.20. The third-order valence-corrected chi connectivity index (χ3v) is 6.39. The first-order valence-corrected chi connectivity index (χ1v) is 14.1. The lowest BCUT2D eigenvalue weighted by Gasteiger charge is -2.34. The second-order valence-electron chi connectivity index (χ2n) is 8.04. The van der Waals surface area contributed by atoms with Gasteiger partial charge in [0.15, 0.2) is 5.75 Å². The summed E-state index contributed by atoms with van der Waals surface area (Å²) in [6.45, 7) is 7.60. The summed E-state index contributed by atoms with van der Waals surface area (Å²) >= 11 is 13.1. The van der Waals surface area contributed by atoms with Crippen molar-refractivity contribution < 1.29 is 18.7 Å². The number of hydrogen-bond donors (Lipinski definition) is 0. The molecule has 2 aromatic carbocycles. The van der Waals surface area contributed by atoms with E-state index >= 15 is 0 Å². The monoisotopic (exact) mass is 490 g/mol. The largest absolute Gasteiger partial charge is 0.542 e. The lowest BCUT2D eigenvalue weighted by Crippen LogP contribution is -2.36. The normalized spacial score (nSPS) is 12.8. The molecule has 0 aliphatic carbocycles. The van der Waals surface area contributed by atoms with E-state index in [2.05, 4.69) is 0 Å². The third-order valence-electron chi connectivity index (χ3n) is 4.75. The van der Waals surface area contributed by atoms with Crippen LogP contribution >= 0.6 is 23.2 Å². The van der Waals surface area contributed by atoms with Crippen LogP contribution in [0, 0.1) is 22.7 Å². The smallest absolute Gasteiger partial charge is 0.309 e. The van der Waals surface area contributed by atoms with Crippen molar-refractivity contribution in [3.63, 3.8) is 0 Å². The molecule has 0 heterocycles. The van der Waals surface area contributed by atoms with Crippen LogP contribution in [0.1, 0.15) is 36.5 Å². The van der Waals surface area contributed by atoms with Gasteiger partial charge in [-0.1, -0.05) is 60.5 Å². The van der Waals surface area contributed by atoms with Gasteiger partial charge in [0, 0.05) is 0 Å². The topological polar surface area (TPSA) is 92.3 Å². The fourth-order valence-corrected chi connectivity index (χ4v) is 4.52. The highest BCUT2D eigenvalue weighted by Gasteiger charge is 2.39. The molecule has 32 heavy (non-hydrogen) atoms. The summed E-state index contributed by atoms with van der Waals surface area (Å²) in [6.07, 6.45) is 0.206. The van der Waals surface area contributed by atoms with Crippen LogP contribution in [0.2, 0.25) is 29.7 Å². The molecule has 0 N–H and O–H groups in total. The van der Waals surface area contributed by atoms with Crippen molar-refractivity contribution in [2.45, 2.75) is 45.0 Å². The van der Waals surface area contributed by atoms with Gasteiger partial charge in [-0.3, -0.25) is 4.79 Å². The molecule has 0 fully saturated rings. The molecule has 2 aromatic rings. The molecule has 1 atom stereocenters. The molecule has 0 saturated carbocycles. The number of nitrogens with zero attached hydrogens (tertiary/aromatic N) is 2. The zero-order chi connectivity index (χ0) is 24.1. The van der Waals surface area contributed by atoms with E-state index in [0.717, 1.165) is 0 Å². The fourth-order valence-electron chi connectivity index (χ4n) is 3.20. The highest BCUT2D eigenvalue weighted by molar-refractivity contribution is 6.70. The molecule has 9 heteroatoms. The summed E-state index contributed by atoms with van der Waals surface area (Å²) in [5, 5.41) is 19.7. The Morgan fingerprint density at radius 2 is 1.56 bits per heavy atom. The summed E-state index contributed by atoms with van der Waals surface area (Å²) in [7, 11) is -0.905. The molecule has 0 saturated heterocycles. The summed E-state index contributed by atoms with van der Waals surface area (Å²) in [6, 6.07) is 13.1. The van der Waals surface area contributed by atoms with Crippen LogP contribution in [-0.2, 0) is 15.1 Å². The van der Waals surface area contributed by atoms with Crippen molar-refractivity contribution in [1.29, 1.82) is 10.5 Å². The highest BCUT2D eigenvalue weighted by Crippen LogP contribution is 2.48. The van der Waals surface area contributed by atoms with Gasteiger partial charge in [-0.25, -0.2) is 0 Å². The first kappa shape index (κ1) is 25.5. The predicted molar refractivity (Wildman–Crippen MR) is 126 cm³/mol. The van der Waals surface area contributed by atoms with E-state index < -0.39 is 19.9 Å². The Morgan fingerprint density at radius 1 is 1.03 bits per heavy atom. The zero-order valence-electron chi connectivity index (χ0n) is 18.6. The van der Waals surface area contributed by atoms with Gasteiger partial charge in [0.1, 0.15) is 44.7 Å². The van der Waals surface area contributed by atoms with Gasteiger partial charge in [-0.05, 0) is 31.6 Å². The Bertz CT molecular complexity index is 1090. The fraction of sp³-hybridized carbons (Fsp3) is 0.348. The second-order valence-corrected chi connectivity index (χ2v) is 13.2. The van der Waals surface area contributed by atoms with E-state index in [4.69, 9.17) is 37.1 Å². The Morgan fingerprint density at radius 3 is 2.03 bits per heavy atom. The number of halogens is 2. The van der Waals surface area contributed by atoms with Crippen LogP contribution in [0.3, 0.4) is 0 Å². The van der Waals surface area contributed by atoms with Crippen LogP contribution in [0.5, 0.6) is 11.5 Å². The molecule has 168 valence electrons. The molecule has 0 spiro atoms. The average molecular weight is 491 g/mol. The van der Waals surface area contributed by atoms with Gasteiger partial charge < -0.3 is 13.9 Å². The molecule has 1 unspecified atom stereocenters. The first-order chi connectivity index (χ1) is 15.0. The molecule has 0 aliphatic heterocycles. The average Bonchev–Trinajstić information content (AvgIpc) is 2.77. The molecule has 0 aliphatic rings. The molecule has 0 radical (unpaired) electrons. The number of esters is 1. The summed E-state index contributed by atoms with van der Waals surface area (Å²) in [4.78, 5) is 12.3. The first-order valence-electron chi connectivity index (χ1n) is 9.89. The van der Waals surface area contributed by atoms with Gasteiger partial charge in [0.25, 0.3) is 0 Å². The maximum atomic E-state index is 12.3. The summed E-state index contributed by atoms with van der Waals surface area (Å²) in [5.74, 6) is -0.513. The number of methoxy groups -OCH3 is 1. The number of benzene rings is 2. The Hall–Kier alpha value is -2.71.